The second kappa shape index (κ2) is 5.23. The van der Waals surface area contributed by atoms with Crippen LogP contribution in [-0.4, -0.2) is 16.0 Å². The Labute approximate surface area is 115 Å². The first kappa shape index (κ1) is 13.1. The first-order valence-electron chi connectivity index (χ1n) is 6.76. The van der Waals surface area contributed by atoms with Gasteiger partial charge < -0.3 is 9.14 Å². The molecule has 5 heteroatoms. The molecule has 1 aliphatic carbocycles. The number of nitrogens with zero attached hydrogens (tertiary/aromatic N) is 2. The highest BCUT2D eigenvalue weighted by atomic mass is 19.3. The van der Waals surface area contributed by atoms with Crippen molar-refractivity contribution < 1.29 is 13.5 Å². The van der Waals surface area contributed by atoms with E-state index in [4.69, 9.17) is 4.74 Å². The minimum Gasteiger partial charge on any atom is -0.498 e. The molecule has 0 saturated heterocycles. The number of imidazole rings is 1. The van der Waals surface area contributed by atoms with Gasteiger partial charge in [-0.25, -0.2) is 13.8 Å². The highest BCUT2D eigenvalue weighted by Crippen LogP contribution is 2.33. The van der Waals surface area contributed by atoms with Crippen molar-refractivity contribution in [1.29, 1.82) is 0 Å². The molecular formula is C15H16F2N2O. The lowest BCUT2D eigenvalue weighted by Crippen LogP contribution is -1.97. The van der Waals surface area contributed by atoms with Crippen LogP contribution in [0.2, 0.25) is 0 Å². The number of halogens is 2. The fourth-order valence-electron chi connectivity index (χ4n) is 2.23. The van der Waals surface area contributed by atoms with Crippen LogP contribution in [0.3, 0.4) is 0 Å². The third-order valence-corrected chi connectivity index (χ3v) is 3.33. The topological polar surface area (TPSA) is 26.5 Å². The molecule has 0 aliphatic heterocycles. The summed E-state index contributed by atoms with van der Waals surface area (Å²) >= 11 is 0. The zero-order valence-corrected chi connectivity index (χ0v) is 11.3. The average molecular weight is 278 g/mol. The minimum absolute atomic E-state index is 0.00651. The number of hydrogen-bond donors (Lipinski definition) is 0. The third-order valence-electron chi connectivity index (χ3n) is 3.33. The van der Waals surface area contributed by atoms with Crippen LogP contribution in [0.25, 0.3) is 5.65 Å². The quantitative estimate of drug-likeness (QED) is 0.775. The van der Waals surface area contributed by atoms with E-state index in [0.29, 0.717) is 18.7 Å². The minimum atomic E-state index is -2.46. The predicted molar refractivity (Wildman–Crippen MR) is 71.7 cm³/mol. The maximum Gasteiger partial charge on any atom is 0.265 e. The van der Waals surface area contributed by atoms with Gasteiger partial charge in [0.25, 0.3) is 6.43 Å². The molecule has 2 aromatic heterocycles. The van der Waals surface area contributed by atoms with Crippen LogP contribution in [0.5, 0.6) is 0 Å². The number of rotatable bonds is 5. The van der Waals surface area contributed by atoms with Gasteiger partial charge in [-0.1, -0.05) is 0 Å². The van der Waals surface area contributed by atoms with Crippen LogP contribution < -0.4 is 0 Å². The molecule has 3 nitrogen and oxygen atoms in total. The molecule has 0 radical (unpaired) electrons. The lowest BCUT2D eigenvalue weighted by Gasteiger charge is -2.06. The molecule has 1 fully saturated rings. The van der Waals surface area contributed by atoms with E-state index in [2.05, 4.69) is 4.98 Å². The fourth-order valence-corrected chi connectivity index (χ4v) is 2.23. The molecule has 0 bridgehead atoms. The van der Waals surface area contributed by atoms with Crippen molar-refractivity contribution in [3.63, 3.8) is 0 Å². The molecule has 106 valence electrons. The Kier molecular flexibility index (Phi) is 3.42. The monoisotopic (exact) mass is 278 g/mol. The smallest absolute Gasteiger partial charge is 0.265 e. The molecule has 0 aromatic carbocycles. The summed E-state index contributed by atoms with van der Waals surface area (Å²) in [5, 5.41) is 0. The first-order chi connectivity index (χ1) is 9.67. The van der Waals surface area contributed by atoms with Gasteiger partial charge in [0.05, 0.1) is 12.3 Å². The van der Waals surface area contributed by atoms with Gasteiger partial charge in [-0.2, -0.15) is 0 Å². The summed E-state index contributed by atoms with van der Waals surface area (Å²) in [5.41, 5.74) is 2.88. The molecule has 0 N–H and O–H groups in total. The fraction of sp³-hybridized carbons (Fsp3) is 0.400. The second-order valence-electron chi connectivity index (χ2n) is 4.90. The van der Waals surface area contributed by atoms with E-state index >= 15 is 0 Å². The summed E-state index contributed by atoms with van der Waals surface area (Å²) in [5.74, 6) is 0.991. The highest BCUT2D eigenvalue weighted by Gasteiger charge is 2.20. The highest BCUT2D eigenvalue weighted by molar-refractivity contribution is 5.42. The molecule has 2 aromatic rings. The van der Waals surface area contributed by atoms with Crippen LogP contribution >= 0.6 is 0 Å². The Morgan fingerprint density at radius 3 is 2.80 bits per heavy atom. The van der Waals surface area contributed by atoms with Crippen molar-refractivity contribution in [3.8, 4) is 0 Å². The molecule has 2 heterocycles. The van der Waals surface area contributed by atoms with Crippen molar-refractivity contribution in [3.05, 3.63) is 47.1 Å². The number of pyridine rings is 1. The molecule has 0 atom stereocenters. The summed E-state index contributed by atoms with van der Waals surface area (Å²) in [6.07, 6.45) is 3.59. The largest absolute Gasteiger partial charge is 0.498 e. The Bertz CT molecular complexity index is 655. The molecule has 0 spiro atoms. The maximum absolute atomic E-state index is 12.7. The first-order valence-corrected chi connectivity index (χ1v) is 6.76. The van der Waals surface area contributed by atoms with Gasteiger partial charge in [-0.05, 0) is 37.5 Å². The van der Waals surface area contributed by atoms with E-state index in [1.807, 2.05) is 6.92 Å². The summed E-state index contributed by atoms with van der Waals surface area (Å²) in [4.78, 5) is 4.45. The van der Waals surface area contributed by atoms with Crippen LogP contribution in [-0.2, 0) is 11.2 Å². The van der Waals surface area contributed by atoms with Crippen LogP contribution in [0.4, 0.5) is 8.78 Å². The van der Waals surface area contributed by atoms with E-state index in [1.54, 1.807) is 16.7 Å². The average Bonchev–Trinajstić information content (AvgIpc) is 3.18. The van der Waals surface area contributed by atoms with Gasteiger partial charge in [0.15, 0.2) is 0 Å². The molecule has 0 unspecified atom stereocenters. The number of ether oxygens (including phenoxy) is 1. The SMILES string of the molecule is CCOC(Cc1cn2cc(C(F)F)ccc2n1)=C1CC1. The standard InChI is InChI=1S/C15H16F2N2O/c1-2-20-13(10-3-4-10)7-12-9-19-8-11(15(16)17)5-6-14(19)18-12/h5-6,8-9,15H,2-4,7H2,1H3. The summed E-state index contributed by atoms with van der Waals surface area (Å²) in [6.45, 7) is 2.60. The number of alkyl halides is 2. The van der Waals surface area contributed by atoms with Gasteiger partial charge >= 0.3 is 0 Å². The molecule has 1 aliphatic rings. The van der Waals surface area contributed by atoms with Crippen molar-refractivity contribution in [2.45, 2.75) is 32.6 Å². The molecule has 20 heavy (non-hydrogen) atoms. The van der Waals surface area contributed by atoms with Crippen LogP contribution in [0.1, 0.15) is 37.4 Å². The van der Waals surface area contributed by atoms with E-state index in [9.17, 15) is 8.78 Å². The molecule has 0 amide bonds. The maximum atomic E-state index is 12.7. The zero-order valence-electron chi connectivity index (χ0n) is 11.3. The summed E-state index contributed by atoms with van der Waals surface area (Å²) in [6, 6.07) is 3.04. The van der Waals surface area contributed by atoms with Crippen molar-refractivity contribution in [1.82, 2.24) is 9.38 Å². The van der Waals surface area contributed by atoms with E-state index in [0.717, 1.165) is 24.3 Å². The Hall–Kier alpha value is -1.91. The van der Waals surface area contributed by atoms with Crippen molar-refractivity contribution in [2.75, 3.05) is 6.61 Å². The van der Waals surface area contributed by atoms with Crippen LogP contribution in [0.15, 0.2) is 35.9 Å². The van der Waals surface area contributed by atoms with E-state index in [-0.39, 0.29) is 5.56 Å². The zero-order chi connectivity index (χ0) is 14.1. The van der Waals surface area contributed by atoms with Gasteiger partial charge in [-0.3, -0.25) is 0 Å². The molecular weight excluding hydrogens is 262 g/mol. The molecule has 1 saturated carbocycles. The van der Waals surface area contributed by atoms with Gasteiger partial charge in [-0.15, -0.1) is 0 Å². The lowest BCUT2D eigenvalue weighted by atomic mass is 10.2. The van der Waals surface area contributed by atoms with Crippen LogP contribution in [0, 0.1) is 0 Å². The summed E-state index contributed by atoms with van der Waals surface area (Å²) in [7, 11) is 0. The predicted octanol–water partition coefficient (Wildman–Crippen LogP) is 3.90. The molecule has 3 rings (SSSR count). The van der Waals surface area contributed by atoms with E-state index in [1.165, 1.54) is 17.8 Å². The van der Waals surface area contributed by atoms with Crippen molar-refractivity contribution in [2.24, 2.45) is 0 Å². The second-order valence-corrected chi connectivity index (χ2v) is 4.90. The Morgan fingerprint density at radius 1 is 1.35 bits per heavy atom. The summed E-state index contributed by atoms with van der Waals surface area (Å²) < 4.78 is 32.6. The van der Waals surface area contributed by atoms with Gasteiger partial charge in [0.2, 0.25) is 0 Å². The van der Waals surface area contributed by atoms with E-state index < -0.39 is 6.43 Å². The Morgan fingerprint density at radius 2 is 2.15 bits per heavy atom. The number of allylic oxidation sites excluding steroid dienone is 2. The number of hydrogen-bond acceptors (Lipinski definition) is 2. The number of fused-ring (bicyclic) bond motifs is 1. The lowest BCUT2D eigenvalue weighted by molar-refractivity contribution is 0.151. The van der Waals surface area contributed by atoms with Crippen molar-refractivity contribution >= 4 is 5.65 Å². The normalized spacial score (nSPS) is 14.1. The Balaban J connectivity index is 1.87. The number of aromatic nitrogens is 2. The van der Waals surface area contributed by atoms with Gasteiger partial charge in [0.1, 0.15) is 11.4 Å². The third kappa shape index (κ3) is 2.66. The van der Waals surface area contributed by atoms with Gasteiger partial charge in [0, 0.05) is 24.4 Å².